The van der Waals surface area contributed by atoms with Crippen molar-refractivity contribution in [3.8, 4) is 11.5 Å². The van der Waals surface area contributed by atoms with Crippen LogP contribution < -0.4 is 5.32 Å². The van der Waals surface area contributed by atoms with E-state index in [1.165, 1.54) is 11.1 Å². The van der Waals surface area contributed by atoms with Crippen LogP contribution in [0.15, 0.2) is 52.9 Å². The molecule has 1 unspecified atom stereocenters. The van der Waals surface area contributed by atoms with E-state index in [1.54, 1.807) is 0 Å². The average molecular weight is 307 g/mol. The third-order valence-electron chi connectivity index (χ3n) is 3.83. The van der Waals surface area contributed by atoms with Crippen LogP contribution in [0.25, 0.3) is 11.5 Å². The fraction of sp³-hybridized carbons (Fsp3) is 0.263. The number of anilines is 1. The van der Waals surface area contributed by atoms with Gasteiger partial charge in [0, 0.05) is 11.3 Å². The van der Waals surface area contributed by atoms with Gasteiger partial charge < -0.3 is 9.73 Å². The van der Waals surface area contributed by atoms with Crippen molar-refractivity contribution in [1.29, 1.82) is 0 Å². The zero-order valence-corrected chi connectivity index (χ0v) is 13.7. The second kappa shape index (κ2) is 6.65. The summed E-state index contributed by atoms with van der Waals surface area (Å²) in [5.41, 5.74) is 4.51. The van der Waals surface area contributed by atoms with Gasteiger partial charge in [0.05, 0.1) is 0 Å². The minimum atomic E-state index is -0.0474. The Morgan fingerprint density at radius 2 is 1.87 bits per heavy atom. The maximum Gasteiger partial charge on any atom is 0.247 e. The number of aryl methyl sites for hydroxylation is 2. The molecule has 4 nitrogen and oxygen atoms in total. The molecule has 1 atom stereocenters. The van der Waals surface area contributed by atoms with Crippen molar-refractivity contribution in [3.05, 3.63) is 65.5 Å². The Labute approximate surface area is 136 Å². The molecule has 4 heteroatoms. The number of aromatic nitrogens is 2. The second-order valence-electron chi connectivity index (χ2n) is 5.73. The van der Waals surface area contributed by atoms with Crippen LogP contribution in [0.4, 0.5) is 5.69 Å². The van der Waals surface area contributed by atoms with Crippen molar-refractivity contribution < 1.29 is 4.42 Å². The molecule has 0 aliphatic heterocycles. The van der Waals surface area contributed by atoms with Gasteiger partial charge in [-0.3, -0.25) is 0 Å². The van der Waals surface area contributed by atoms with Crippen molar-refractivity contribution in [2.24, 2.45) is 0 Å². The van der Waals surface area contributed by atoms with Crippen molar-refractivity contribution in [2.45, 2.75) is 33.2 Å². The average Bonchev–Trinajstić information content (AvgIpc) is 3.06. The highest BCUT2D eigenvalue weighted by molar-refractivity contribution is 5.53. The highest BCUT2D eigenvalue weighted by Gasteiger charge is 2.15. The molecule has 0 saturated carbocycles. The molecule has 1 heterocycles. The van der Waals surface area contributed by atoms with E-state index in [0.29, 0.717) is 11.8 Å². The molecule has 23 heavy (non-hydrogen) atoms. The highest BCUT2D eigenvalue weighted by atomic mass is 16.4. The molecule has 3 rings (SSSR count). The van der Waals surface area contributed by atoms with Gasteiger partial charge in [0.1, 0.15) is 6.04 Å². The number of rotatable bonds is 5. The summed E-state index contributed by atoms with van der Waals surface area (Å²) in [7, 11) is 0. The molecule has 1 aromatic heterocycles. The molecule has 0 bridgehead atoms. The number of nitrogens with zero attached hydrogens (tertiary/aromatic N) is 2. The zero-order valence-electron chi connectivity index (χ0n) is 13.7. The summed E-state index contributed by atoms with van der Waals surface area (Å²) in [5.74, 6) is 1.14. The summed E-state index contributed by atoms with van der Waals surface area (Å²) in [6.45, 7) is 6.22. The molecular formula is C19H21N3O. The van der Waals surface area contributed by atoms with Crippen molar-refractivity contribution in [3.63, 3.8) is 0 Å². The van der Waals surface area contributed by atoms with E-state index in [0.717, 1.165) is 17.7 Å². The number of benzene rings is 2. The molecule has 0 spiro atoms. The largest absolute Gasteiger partial charge is 0.418 e. The highest BCUT2D eigenvalue weighted by Crippen LogP contribution is 2.23. The van der Waals surface area contributed by atoms with E-state index in [1.807, 2.05) is 37.3 Å². The molecule has 0 aliphatic rings. The SMILES string of the molecule is CCc1cccc(NC(C)c2nnc(-c3ccc(C)cc3)o2)c1. The lowest BCUT2D eigenvalue weighted by molar-refractivity contribution is 0.485. The van der Waals surface area contributed by atoms with Gasteiger partial charge in [0.15, 0.2) is 0 Å². The van der Waals surface area contributed by atoms with Gasteiger partial charge in [-0.1, -0.05) is 36.8 Å². The van der Waals surface area contributed by atoms with Crippen LogP contribution in [0.2, 0.25) is 0 Å². The quantitative estimate of drug-likeness (QED) is 0.737. The molecule has 3 aromatic rings. The minimum absolute atomic E-state index is 0.0474. The second-order valence-corrected chi connectivity index (χ2v) is 5.73. The molecule has 0 saturated heterocycles. The monoisotopic (exact) mass is 307 g/mol. The van der Waals surface area contributed by atoms with Crippen molar-refractivity contribution in [2.75, 3.05) is 5.32 Å². The van der Waals surface area contributed by atoms with Crippen molar-refractivity contribution >= 4 is 5.69 Å². The minimum Gasteiger partial charge on any atom is -0.418 e. The first-order valence-electron chi connectivity index (χ1n) is 7.91. The summed E-state index contributed by atoms with van der Waals surface area (Å²) in [4.78, 5) is 0. The number of nitrogens with one attached hydrogen (secondary N) is 1. The van der Waals surface area contributed by atoms with Gasteiger partial charge in [-0.15, -0.1) is 10.2 Å². The Balaban J connectivity index is 1.75. The van der Waals surface area contributed by atoms with E-state index in [2.05, 4.69) is 47.6 Å². The Morgan fingerprint density at radius 3 is 2.61 bits per heavy atom. The fourth-order valence-corrected chi connectivity index (χ4v) is 2.42. The van der Waals surface area contributed by atoms with E-state index < -0.39 is 0 Å². The van der Waals surface area contributed by atoms with Crippen LogP contribution >= 0.6 is 0 Å². The van der Waals surface area contributed by atoms with Crippen LogP contribution in [-0.4, -0.2) is 10.2 Å². The van der Waals surface area contributed by atoms with Crippen LogP contribution in [-0.2, 0) is 6.42 Å². The molecule has 0 amide bonds. The number of hydrogen-bond donors (Lipinski definition) is 1. The predicted octanol–water partition coefficient (Wildman–Crippen LogP) is 4.78. The van der Waals surface area contributed by atoms with E-state index in [-0.39, 0.29) is 6.04 Å². The van der Waals surface area contributed by atoms with Gasteiger partial charge in [-0.25, -0.2) is 0 Å². The number of hydrogen-bond acceptors (Lipinski definition) is 4. The summed E-state index contributed by atoms with van der Waals surface area (Å²) in [6, 6.07) is 16.4. The third kappa shape index (κ3) is 3.59. The van der Waals surface area contributed by atoms with Gasteiger partial charge in [-0.2, -0.15) is 0 Å². The molecule has 0 aliphatic carbocycles. The molecule has 0 fully saturated rings. The summed E-state index contributed by atoms with van der Waals surface area (Å²) in [6.07, 6.45) is 1.02. The normalized spacial score (nSPS) is 12.1. The van der Waals surface area contributed by atoms with E-state index in [4.69, 9.17) is 4.42 Å². The van der Waals surface area contributed by atoms with E-state index in [9.17, 15) is 0 Å². The lowest BCUT2D eigenvalue weighted by atomic mass is 10.1. The van der Waals surface area contributed by atoms with E-state index >= 15 is 0 Å². The van der Waals surface area contributed by atoms with Crippen LogP contribution in [0.1, 0.15) is 36.9 Å². The maximum absolute atomic E-state index is 5.82. The van der Waals surface area contributed by atoms with Gasteiger partial charge in [0.2, 0.25) is 11.8 Å². The van der Waals surface area contributed by atoms with Crippen LogP contribution in [0.3, 0.4) is 0 Å². The Bertz CT molecular complexity index is 777. The van der Waals surface area contributed by atoms with Gasteiger partial charge in [-0.05, 0) is 50.1 Å². The Hall–Kier alpha value is -2.62. The summed E-state index contributed by atoms with van der Waals surface area (Å²) in [5, 5.41) is 11.7. The lowest BCUT2D eigenvalue weighted by Crippen LogP contribution is -2.07. The zero-order chi connectivity index (χ0) is 16.2. The molecule has 0 radical (unpaired) electrons. The first-order valence-corrected chi connectivity index (χ1v) is 7.91. The third-order valence-corrected chi connectivity index (χ3v) is 3.83. The first-order chi connectivity index (χ1) is 11.2. The Morgan fingerprint density at radius 1 is 1.09 bits per heavy atom. The summed E-state index contributed by atoms with van der Waals surface area (Å²) >= 11 is 0. The fourth-order valence-electron chi connectivity index (χ4n) is 2.42. The molecular weight excluding hydrogens is 286 g/mol. The van der Waals surface area contributed by atoms with Crippen molar-refractivity contribution in [1.82, 2.24) is 10.2 Å². The Kier molecular flexibility index (Phi) is 4.42. The smallest absolute Gasteiger partial charge is 0.247 e. The topological polar surface area (TPSA) is 51.0 Å². The van der Waals surface area contributed by atoms with Gasteiger partial charge in [0.25, 0.3) is 0 Å². The predicted molar refractivity (Wildman–Crippen MR) is 92.3 cm³/mol. The lowest BCUT2D eigenvalue weighted by Gasteiger charge is -2.12. The summed E-state index contributed by atoms with van der Waals surface area (Å²) < 4.78 is 5.82. The first kappa shape index (κ1) is 15.3. The standard InChI is InChI=1S/C19H21N3O/c1-4-15-6-5-7-17(12-15)20-14(3)18-21-22-19(23-18)16-10-8-13(2)9-11-16/h5-12,14,20H,4H2,1-3H3. The van der Waals surface area contributed by atoms with Crippen LogP contribution in [0, 0.1) is 6.92 Å². The molecule has 2 aromatic carbocycles. The molecule has 118 valence electrons. The maximum atomic E-state index is 5.82. The van der Waals surface area contributed by atoms with Crippen LogP contribution in [0.5, 0.6) is 0 Å². The van der Waals surface area contributed by atoms with Gasteiger partial charge >= 0.3 is 0 Å². The molecule has 1 N–H and O–H groups in total.